The van der Waals surface area contributed by atoms with Gasteiger partial charge in [0.2, 0.25) is 17.7 Å². The molecule has 9 heteroatoms. The van der Waals surface area contributed by atoms with Crippen LogP contribution in [-0.4, -0.2) is 58.6 Å². The molecule has 196 valence electrons. The number of nitrogens with one attached hydrogen (secondary N) is 3. The maximum atomic E-state index is 12.7. The Morgan fingerprint density at radius 3 is 2.00 bits per heavy atom. The van der Waals surface area contributed by atoms with E-state index in [2.05, 4.69) is 16.0 Å². The van der Waals surface area contributed by atoms with Crippen LogP contribution in [-0.2, 0) is 25.6 Å². The Kier molecular flexibility index (Phi) is 13.0. The zero-order valence-corrected chi connectivity index (χ0v) is 21.4. The molecule has 0 aliphatic carbocycles. The summed E-state index contributed by atoms with van der Waals surface area (Å²) in [6.45, 7) is 9.89. The maximum absolute atomic E-state index is 12.7. The average Bonchev–Trinajstić information content (AvgIpc) is 2.76. The number of carboxylic acids is 1. The third-order valence-electron chi connectivity index (χ3n) is 5.45. The standard InChI is InChI=1S/C26H41N3O6/c1-16(2)11-23(31)29-21(26(34)35)14-24(32)28-20(13-19-9-7-6-8-10-19)22(30)12-18(5)25(33)27-15-17(3)4/h6-10,16-18,20-22,30H,11-15H2,1-5H3,(H,27,33)(H,28,32)(H,29,31)(H,34,35)/t18-,20+,21?,22+/m1/s1. The molecule has 0 fully saturated rings. The van der Waals surface area contributed by atoms with E-state index in [-0.39, 0.29) is 24.7 Å². The van der Waals surface area contributed by atoms with Crippen LogP contribution in [0.1, 0.15) is 59.4 Å². The van der Waals surface area contributed by atoms with Crippen molar-refractivity contribution in [1.29, 1.82) is 0 Å². The average molecular weight is 492 g/mol. The van der Waals surface area contributed by atoms with Gasteiger partial charge in [-0.15, -0.1) is 0 Å². The number of rotatable bonds is 15. The zero-order chi connectivity index (χ0) is 26.5. The fourth-order valence-corrected chi connectivity index (χ4v) is 3.54. The molecule has 0 heterocycles. The van der Waals surface area contributed by atoms with Gasteiger partial charge in [-0.3, -0.25) is 14.4 Å². The monoisotopic (exact) mass is 491 g/mol. The lowest BCUT2D eigenvalue weighted by molar-refractivity contribution is -0.143. The quantitative estimate of drug-likeness (QED) is 0.253. The Balaban J connectivity index is 2.88. The molecule has 1 unspecified atom stereocenters. The summed E-state index contributed by atoms with van der Waals surface area (Å²) in [5.74, 6) is -2.69. The van der Waals surface area contributed by atoms with Crippen molar-refractivity contribution in [3.05, 3.63) is 35.9 Å². The largest absolute Gasteiger partial charge is 0.480 e. The molecule has 5 N–H and O–H groups in total. The second-order valence-electron chi connectivity index (χ2n) is 9.97. The number of hydrogen-bond donors (Lipinski definition) is 5. The molecular weight excluding hydrogens is 450 g/mol. The van der Waals surface area contributed by atoms with Crippen molar-refractivity contribution in [3.8, 4) is 0 Å². The van der Waals surface area contributed by atoms with E-state index in [0.717, 1.165) is 5.56 Å². The van der Waals surface area contributed by atoms with Crippen LogP contribution >= 0.6 is 0 Å². The molecule has 4 atom stereocenters. The van der Waals surface area contributed by atoms with Crippen LogP contribution in [0.2, 0.25) is 0 Å². The Bertz CT molecular complexity index is 828. The van der Waals surface area contributed by atoms with Gasteiger partial charge in [-0.05, 0) is 30.2 Å². The van der Waals surface area contributed by atoms with Crippen molar-refractivity contribution in [1.82, 2.24) is 16.0 Å². The predicted molar refractivity (Wildman–Crippen MR) is 133 cm³/mol. The molecule has 0 saturated carbocycles. The molecule has 0 bridgehead atoms. The lowest BCUT2D eigenvalue weighted by Gasteiger charge is -2.27. The molecular formula is C26H41N3O6. The first-order chi connectivity index (χ1) is 16.4. The van der Waals surface area contributed by atoms with Crippen molar-refractivity contribution in [2.45, 2.75) is 78.5 Å². The summed E-state index contributed by atoms with van der Waals surface area (Å²) in [6.07, 6.45) is -0.947. The fourth-order valence-electron chi connectivity index (χ4n) is 3.54. The van der Waals surface area contributed by atoms with Crippen LogP contribution in [0.3, 0.4) is 0 Å². The summed E-state index contributed by atoms with van der Waals surface area (Å²) < 4.78 is 0. The summed E-state index contributed by atoms with van der Waals surface area (Å²) in [5, 5.41) is 28.3. The number of carboxylic acid groups (broad SMARTS) is 1. The molecule has 0 radical (unpaired) electrons. The minimum Gasteiger partial charge on any atom is -0.480 e. The van der Waals surface area contributed by atoms with Gasteiger partial charge >= 0.3 is 5.97 Å². The van der Waals surface area contributed by atoms with Crippen molar-refractivity contribution >= 4 is 23.7 Å². The minimum absolute atomic E-state index is 0.0448. The van der Waals surface area contributed by atoms with Gasteiger partial charge in [0.25, 0.3) is 0 Å². The molecule has 35 heavy (non-hydrogen) atoms. The molecule has 0 aliphatic heterocycles. The van der Waals surface area contributed by atoms with Gasteiger partial charge < -0.3 is 26.2 Å². The first-order valence-electron chi connectivity index (χ1n) is 12.2. The van der Waals surface area contributed by atoms with Gasteiger partial charge in [0.05, 0.1) is 18.6 Å². The van der Waals surface area contributed by atoms with Gasteiger partial charge in [-0.1, -0.05) is 65.0 Å². The van der Waals surface area contributed by atoms with Crippen molar-refractivity contribution < 1.29 is 29.4 Å². The number of amides is 3. The smallest absolute Gasteiger partial charge is 0.326 e. The van der Waals surface area contributed by atoms with Gasteiger partial charge in [-0.2, -0.15) is 0 Å². The Morgan fingerprint density at radius 1 is 0.857 bits per heavy atom. The Labute approximate surface area is 208 Å². The van der Waals surface area contributed by atoms with Crippen molar-refractivity contribution in [2.24, 2.45) is 17.8 Å². The van der Waals surface area contributed by atoms with Gasteiger partial charge in [-0.25, -0.2) is 4.79 Å². The molecule has 0 saturated heterocycles. The van der Waals surface area contributed by atoms with E-state index >= 15 is 0 Å². The van der Waals surface area contributed by atoms with Crippen LogP contribution in [0.25, 0.3) is 0 Å². The highest BCUT2D eigenvalue weighted by atomic mass is 16.4. The topological polar surface area (TPSA) is 145 Å². The van der Waals surface area contributed by atoms with Crippen LogP contribution in [0, 0.1) is 17.8 Å². The molecule has 0 aromatic heterocycles. The van der Waals surface area contributed by atoms with Crippen LogP contribution in [0.5, 0.6) is 0 Å². The van der Waals surface area contributed by atoms with E-state index in [1.54, 1.807) is 6.92 Å². The maximum Gasteiger partial charge on any atom is 0.326 e. The SMILES string of the molecule is CC(C)CNC(=O)[C@H](C)C[C@H](O)[C@H](Cc1ccccc1)NC(=O)CC(NC(=O)CC(C)C)C(=O)O. The normalized spacial score (nSPS) is 14.6. The van der Waals surface area contributed by atoms with E-state index in [1.807, 2.05) is 58.0 Å². The van der Waals surface area contributed by atoms with E-state index in [9.17, 15) is 29.4 Å². The van der Waals surface area contributed by atoms with E-state index in [1.165, 1.54) is 0 Å². The second-order valence-corrected chi connectivity index (χ2v) is 9.97. The second kappa shape index (κ2) is 15.1. The molecule has 1 aromatic rings. The van der Waals surface area contributed by atoms with Gasteiger partial charge in [0.1, 0.15) is 6.04 Å². The number of hydrogen-bond acceptors (Lipinski definition) is 5. The molecule has 0 aliphatic rings. The van der Waals surface area contributed by atoms with E-state index in [0.29, 0.717) is 18.9 Å². The minimum atomic E-state index is -1.38. The van der Waals surface area contributed by atoms with Crippen molar-refractivity contribution in [3.63, 3.8) is 0 Å². The summed E-state index contributed by atoms with van der Waals surface area (Å²) in [7, 11) is 0. The van der Waals surface area contributed by atoms with E-state index < -0.39 is 48.3 Å². The lowest BCUT2D eigenvalue weighted by atomic mass is 9.93. The zero-order valence-electron chi connectivity index (χ0n) is 21.4. The predicted octanol–water partition coefficient (Wildman–Crippen LogP) is 1.88. The van der Waals surface area contributed by atoms with Crippen LogP contribution < -0.4 is 16.0 Å². The molecule has 0 spiro atoms. The van der Waals surface area contributed by atoms with E-state index in [4.69, 9.17) is 0 Å². The summed E-state index contributed by atoms with van der Waals surface area (Å²) in [4.78, 5) is 48.7. The molecule has 1 aromatic carbocycles. The molecule has 1 rings (SSSR count). The van der Waals surface area contributed by atoms with Crippen LogP contribution in [0.15, 0.2) is 30.3 Å². The highest BCUT2D eigenvalue weighted by molar-refractivity contribution is 5.88. The summed E-state index contributed by atoms with van der Waals surface area (Å²) in [5.41, 5.74) is 0.869. The first-order valence-corrected chi connectivity index (χ1v) is 12.2. The first kappa shape index (κ1) is 30.1. The highest BCUT2D eigenvalue weighted by Crippen LogP contribution is 2.15. The number of aliphatic carboxylic acids is 1. The third kappa shape index (κ3) is 12.4. The number of aliphatic hydroxyl groups is 1. The lowest BCUT2D eigenvalue weighted by Crippen LogP contribution is -2.50. The Morgan fingerprint density at radius 2 is 1.46 bits per heavy atom. The van der Waals surface area contributed by atoms with Crippen LogP contribution in [0.4, 0.5) is 0 Å². The number of carbonyl (C=O) groups is 4. The summed E-state index contributed by atoms with van der Waals surface area (Å²) >= 11 is 0. The molecule has 3 amide bonds. The van der Waals surface area contributed by atoms with Gasteiger partial charge in [0.15, 0.2) is 0 Å². The fraction of sp³-hybridized carbons (Fsp3) is 0.615. The summed E-state index contributed by atoms with van der Waals surface area (Å²) in [6, 6.07) is 7.13. The number of benzene rings is 1. The Hall–Kier alpha value is -2.94. The van der Waals surface area contributed by atoms with Gasteiger partial charge in [0, 0.05) is 18.9 Å². The van der Waals surface area contributed by atoms with Crippen molar-refractivity contribution in [2.75, 3.05) is 6.54 Å². The third-order valence-corrected chi connectivity index (χ3v) is 5.45. The number of aliphatic hydroxyl groups excluding tert-OH is 1. The highest BCUT2D eigenvalue weighted by Gasteiger charge is 2.29. The molecule has 9 nitrogen and oxygen atoms in total. The number of carbonyl (C=O) groups excluding carboxylic acids is 3.